The van der Waals surface area contributed by atoms with Gasteiger partial charge in [-0.25, -0.2) is 9.59 Å². The fourth-order valence-corrected chi connectivity index (χ4v) is 7.21. The maximum atomic E-state index is 12.2. The largest absolute Gasteiger partial charge is 0.759 e. The van der Waals surface area contributed by atoms with Gasteiger partial charge in [-0.05, 0) is 11.1 Å². The van der Waals surface area contributed by atoms with E-state index >= 15 is 0 Å². The molecule has 0 spiro atoms. The Bertz CT molecular complexity index is 1330. The third-order valence-corrected chi connectivity index (χ3v) is 9.78. The normalized spacial score (nSPS) is 26.6. The number of hydrogen-bond donors (Lipinski definition) is 2. The van der Waals surface area contributed by atoms with E-state index in [1.807, 2.05) is 60.7 Å². The average Bonchev–Trinajstić information content (AvgIpc) is 3.32. The van der Waals surface area contributed by atoms with Crippen LogP contribution >= 0.6 is 0 Å². The molecule has 4 saturated heterocycles. The highest BCUT2D eigenvalue weighted by Gasteiger charge is 2.44. The van der Waals surface area contributed by atoms with E-state index in [4.69, 9.17) is 27.0 Å². The fourth-order valence-electron chi connectivity index (χ4n) is 7.21. The van der Waals surface area contributed by atoms with Crippen molar-refractivity contribution in [3.8, 4) is 0 Å². The molecule has 16 heteroatoms. The monoisotopic (exact) mass is 730 g/mol. The molecular formula is C34H54N2O13S. The number of fused-ring (bicyclic) bond motifs is 4. The zero-order valence-corrected chi connectivity index (χ0v) is 29.3. The lowest BCUT2D eigenvalue weighted by molar-refractivity contribution is -0.923. The standard InChI is InChI=1S/2C17H21NO2.H2O4S.5H2O/c2*1-12(13-6-4-3-5-7-13)17(19)20-16-10-14-8-9-15(11-16)18(14)2;1-5(2,3)4;;;;;/h2*3-7,14-16H,1,8-11H2,2H3;(H2,1,2,3,4);5*1H2/t2*14-,15+,16?;;;;;;. The van der Waals surface area contributed by atoms with Crippen LogP contribution in [0.3, 0.4) is 0 Å². The molecular weight excluding hydrogens is 676 g/mol. The van der Waals surface area contributed by atoms with E-state index in [1.165, 1.54) is 25.7 Å². The van der Waals surface area contributed by atoms with Crippen LogP contribution in [-0.4, -0.2) is 107 Å². The van der Waals surface area contributed by atoms with Crippen LogP contribution in [0.1, 0.15) is 62.5 Å². The minimum atomic E-state index is -5.17. The Labute approximate surface area is 293 Å². The van der Waals surface area contributed by atoms with Crippen LogP contribution in [0.4, 0.5) is 0 Å². The first-order valence-corrected chi connectivity index (χ1v) is 16.9. The molecule has 0 amide bonds. The summed E-state index contributed by atoms with van der Waals surface area (Å²) < 4.78 is 45.5. The third-order valence-electron chi connectivity index (χ3n) is 9.78. The quantitative estimate of drug-likeness (QED) is 0.138. The predicted molar refractivity (Wildman–Crippen MR) is 185 cm³/mol. The number of esters is 2. The molecule has 4 aliphatic rings. The number of carbonyl (C=O) groups is 2. The predicted octanol–water partition coefficient (Wildman–Crippen LogP) is -2.56. The summed E-state index contributed by atoms with van der Waals surface area (Å²) >= 11 is 0. The van der Waals surface area contributed by atoms with Crippen LogP contribution < -0.4 is 9.80 Å². The maximum Gasteiger partial charge on any atom is 0.338 e. The summed E-state index contributed by atoms with van der Waals surface area (Å²) in [7, 11) is -0.632. The zero-order valence-electron chi connectivity index (χ0n) is 28.5. The first-order valence-electron chi connectivity index (χ1n) is 15.5. The number of hydrogen-bond acceptors (Lipinski definition) is 8. The van der Waals surface area contributed by atoms with Crippen LogP contribution in [0.15, 0.2) is 73.8 Å². The Morgan fingerprint density at radius 1 is 0.600 bits per heavy atom. The van der Waals surface area contributed by atoms with E-state index in [-0.39, 0.29) is 51.5 Å². The van der Waals surface area contributed by atoms with Crippen molar-refractivity contribution in [1.82, 2.24) is 0 Å². The first kappa shape index (κ1) is 48.6. The van der Waals surface area contributed by atoms with Gasteiger partial charge in [0.25, 0.3) is 0 Å². The van der Waals surface area contributed by atoms with Crippen LogP contribution in [0.25, 0.3) is 11.1 Å². The molecule has 4 heterocycles. The molecule has 15 nitrogen and oxygen atoms in total. The van der Waals surface area contributed by atoms with Crippen LogP contribution in [0.5, 0.6) is 0 Å². The molecule has 4 fully saturated rings. The average molecular weight is 731 g/mol. The molecule has 0 aliphatic carbocycles. The second-order valence-corrected chi connectivity index (χ2v) is 13.3. The lowest BCUT2D eigenvalue weighted by Gasteiger charge is -2.33. The molecule has 0 radical (unpaired) electrons. The van der Waals surface area contributed by atoms with Gasteiger partial charge in [-0.1, -0.05) is 73.8 Å². The molecule has 2 aromatic carbocycles. The summed E-state index contributed by atoms with van der Waals surface area (Å²) in [4.78, 5) is 27.6. The number of rotatable bonds is 6. The van der Waals surface area contributed by atoms with Gasteiger partial charge in [-0.15, -0.1) is 0 Å². The Balaban J connectivity index is 0. The van der Waals surface area contributed by atoms with E-state index in [2.05, 4.69) is 27.3 Å². The Morgan fingerprint density at radius 3 is 1.08 bits per heavy atom. The molecule has 4 unspecified atom stereocenters. The highest BCUT2D eigenvalue weighted by molar-refractivity contribution is 7.79. The van der Waals surface area contributed by atoms with Crippen molar-refractivity contribution in [1.29, 1.82) is 0 Å². The molecule has 284 valence electrons. The second kappa shape index (κ2) is 21.6. The van der Waals surface area contributed by atoms with Crippen molar-refractivity contribution >= 4 is 33.5 Å². The van der Waals surface area contributed by atoms with Crippen molar-refractivity contribution in [3.05, 3.63) is 84.9 Å². The summed E-state index contributed by atoms with van der Waals surface area (Å²) in [6, 6.07) is 21.7. The highest BCUT2D eigenvalue weighted by atomic mass is 32.3. The van der Waals surface area contributed by atoms with Crippen molar-refractivity contribution < 1.29 is 73.8 Å². The van der Waals surface area contributed by atoms with Crippen molar-refractivity contribution in [2.24, 2.45) is 0 Å². The van der Waals surface area contributed by atoms with Gasteiger partial charge in [0.1, 0.15) is 12.2 Å². The summed E-state index contributed by atoms with van der Waals surface area (Å²) in [5, 5.41) is 0. The summed E-state index contributed by atoms with van der Waals surface area (Å²) in [6.45, 7) is 7.76. The van der Waals surface area contributed by atoms with E-state index < -0.39 is 10.4 Å². The Hall–Kier alpha value is -3.55. The summed E-state index contributed by atoms with van der Waals surface area (Å²) in [5.74, 6) is -0.527. The Morgan fingerprint density at radius 2 is 0.840 bits per heavy atom. The van der Waals surface area contributed by atoms with Gasteiger partial charge in [0, 0.05) is 61.8 Å². The number of carbonyl (C=O) groups excluding carboxylic acids is 2. The number of piperidine rings is 2. The van der Waals surface area contributed by atoms with E-state index in [0.717, 1.165) is 36.8 Å². The van der Waals surface area contributed by atoms with Crippen molar-refractivity contribution in [2.75, 3.05) is 14.1 Å². The molecule has 0 saturated carbocycles. The topological polar surface area (TPSA) is 299 Å². The Kier molecular flexibility index (Phi) is 21.0. The van der Waals surface area contributed by atoms with Gasteiger partial charge in [0.05, 0.1) is 49.4 Å². The minimum absolute atomic E-state index is 0. The van der Waals surface area contributed by atoms with Gasteiger partial charge in [-0.2, -0.15) is 0 Å². The number of ether oxygens (including phenoxy) is 2. The van der Waals surface area contributed by atoms with Crippen molar-refractivity contribution in [3.63, 3.8) is 0 Å². The number of benzene rings is 2. The fraction of sp³-hybridized carbons (Fsp3) is 0.471. The smallest absolute Gasteiger partial charge is 0.338 e. The molecule has 2 aromatic rings. The van der Waals surface area contributed by atoms with Crippen molar-refractivity contribution in [2.45, 2.75) is 87.7 Å². The molecule has 12 N–H and O–H groups in total. The van der Waals surface area contributed by atoms with Crippen LogP contribution in [0.2, 0.25) is 0 Å². The minimum Gasteiger partial charge on any atom is -0.759 e. The van der Waals surface area contributed by atoms with Gasteiger partial charge in [-0.3, -0.25) is 8.42 Å². The van der Waals surface area contributed by atoms with Crippen LogP contribution in [0, 0.1) is 0 Å². The van der Waals surface area contributed by atoms with E-state index in [9.17, 15) is 9.59 Å². The SMILES string of the molecule is C=C(C(=O)OC1C[C@H]2CC[C@@H](C1)[NH+]2C)c1ccccc1.C=C(C(=O)OC1C[C@H]2CC[C@@H](C1)[NH+]2C)c1ccccc1.O.O.O.O.O.O=S(=O)([O-])[O-]. The molecule has 6 rings (SSSR count). The van der Waals surface area contributed by atoms with E-state index in [1.54, 1.807) is 9.80 Å². The molecule has 8 atom stereocenters. The molecule has 0 aromatic heterocycles. The lowest BCUT2D eigenvalue weighted by atomic mass is 10.0. The zero-order chi connectivity index (χ0) is 32.7. The summed E-state index contributed by atoms with van der Waals surface area (Å²) in [6.07, 6.45) is 9.20. The lowest BCUT2D eigenvalue weighted by Crippen LogP contribution is -3.15. The number of nitrogens with one attached hydrogen (secondary N) is 2. The van der Waals surface area contributed by atoms with Gasteiger partial charge in [0.15, 0.2) is 0 Å². The van der Waals surface area contributed by atoms with Crippen LogP contribution in [-0.2, 0) is 29.5 Å². The molecule has 50 heavy (non-hydrogen) atoms. The summed E-state index contributed by atoms with van der Waals surface area (Å²) in [5.41, 5.74) is 2.62. The van der Waals surface area contributed by atoms with E-state index in [0.29, 0.717) is 35.3 Å². The highest BCUT2D eigenvalue weighted by Crippen LogP contribution is 2.27. The molecule has 4 bridgehead atoms. The number of quaternary nitrogens is 2. The van der Waals surface area contributed by atoms with Gasteiger partial charge >= 0.3 is 11.9 Å². The maximum absolute atomic E-state index is 12.2. The first-order chi connectivity index (χ1) is 21.3. The van der Waals surface area contributed by atoms with Gasteiger partial charge < -0.3 is 55.8 Å². The third kappa shape index (κ3) is 13.6. The molecule has 4 aliphatic heterocycles. The van der Waals surface area contributed by atoms with Gasteiger partial charge in [0.2, 0.25) is 0 Å². The second-order valence-electron chi connectivity index (χ2n) is 12.5.